The number of carbonyl (C=O) groups is 1. The lowest BCUT2D eigenvalue weighted by atomic mass is 9.82. The Bertz CT molecular complexity index is 485. The number of hydrogen-bond acceptors (Lipinski definition) is 4. The van der Waals surface area contributed by atoms with Gasteiger partial charge in [-0.15, -0.1) is 5.10 Å². The zero-order chi connectivity index (χ0) is 12.0. The van der Waals surface area contributed by atoms with Gasteiger partial charge in [0.2, 0.25) is 5.16 Å². The molecular formula is C11H13N3O2S. The fraction of sp³-hybridized carbons (Fsp3) is 0.545. The first-order valence-electron chi connectivity index (χ1n) is 5.58. The summed E-state index contributed by atoms with van der Waals surface area (Å²) in [4.78, 5) is 15.7. The van der Waals surface area contributed by atoms with E-state index in [1.54, 1.807) is 0 Å². The van der Waals surface area contributed by atoms with Crippen LogP contribution in [0.15, 0.2) is 17.3 Å². The Balaban J connectivity index is 1.95. The summed E-state index contributed by atoms with van der Waals surface area (Å²) in [5.74, 6) is 0.0465. The van der Waals surface area contributed by atoms with Crippen molar-refractivity contribution in [1.29, 1.82) is 0 Å². The molecule has 1 aromatic heterocycles. The molecule has 0 saturated heterocycles. The molecule has 17 heavy (non-hydrogen) atoms. The fourth-order valence-electron chi connectivity index (χ4n) is 3.03. The van der Waals surface area contributed by atoms with Crippen molar-refractivity contribution in [2.45, 2.75) is 17.5 Å². The normalized spacial score (nSPS) is 34.4. The number of aromatic amines is 1. The Morgan fingerprint density at radius 2 is 2.29 bits per heavy atom. The van der Waals surface area contributed by atoms with Crippen LogP contribution in [0.2, 0.25) is 0 Å². The number of rotatable bonds is 3. The average Bonchev–Trinajstić information content (AvgIpc) is 3.02. The van der Waals surface area contributed by atoms with Gasteiger partial charge in [-0.05, 0) is 24.5 Å². The molecule has 1 aromatic rings. The highest BCUT2D eigenvalue weighted by Gasteiger charge is 2.50. The second-order valence-corrected chi connectivity index (χ2v) is 5.32. The van der Waals surface area contributed by atoms with Crippen molar-refractivity contribution in [3.8, 4) is 0 Å². The van der Waals surface area contributed by atoms with Gasteiger partial charge in [0.25, 0.3) is 0 Å². The van der Waals surface area contributed by atoms with Crippen LogP contribution < -0.4 is 0 Å². The van der Waals surface area contributed by atoms with Crippen LogP contribution in [0.5, 0.6) is 0 Å². The maximum Gasteiger partial charge on any atom is 0.307 e. The van der Waals surface area contributed by atoms with Crippen LogP contribution in [0.4, 0.5) is 0 Å². The molecule has 6 heteroatoms. The van der Waals surface area contributed by atoms with Crippen LogP contribution in [-0.4, -0.2) is 32.5 Å². The number of allylic oxidation sites excluding steroid dienone is 2. The number of nitrogens with one attached hydrogen (secondary N) is 1. The lowest BCUT2D eigenvalue weighted by Gasteiger charge is -2.22. The highest BCUT2D eigenvalue weighted by Crippen LogP contribution is 2.52. The lowest BCUT2D eigenvalue weighted by Crippen LogP contribution is -2.26. The molecule has 1 heterocycles. The zero-order valence-electron chi connectivity index (χ0n) is 9.33. The van der Waals surface area contributed by atoms with Crippen LogP contribution in [0.3, 0.4) is 0 Å². The Morgan fingerprint density at radius 1 is 1.53 bits per heavy atom. The highest BCUT2D eigenvalue weighted by molar-refractivity contribution is 7.98. The number of aliphatic carboxylic acids is 1. The van der Waals surface area contributed by atoms with Crippen molar-refractivity contribution in [3.63, 3.8) is 0 Å². The minimum atomic E-state index is -0.728. The predicted octanol–water partition coefficient (Wildman–Crippen LogP) is 1.52. The quantitative estimate of drug-likeness (QED) is 0.629. The summed E-state index contributed by atoms with van der Waals surface area (Å²) >= 11 is 1.46. The van der Waals surface area contributed by atoms with Crippen LogP contribution in [0.25, 0.3) is 0 Å². The molecule has 5 nitrogen and oxygen atoms in total. The number of aromatic nitrogens is 3. The smallest absolute Gasteiger partial charge is 0.307 e. The largest absolute Gasteiger partial charge is 0.481 e. The standard InChI is InChI=1S/C11H13N3O2S/c1-17-11-12-9(13-14-11)7-5-2-3-6(4-5)8(7)10(15)16/h2-3,5-8H,4H2,1H3,(H,15,16)(H,12,13,14). The summed E-state index contributed by atoms with van der Waals surface area (Å²) in [7, 11) is 0. The molecule has 3 rings (SSSR count). The first-order valence-corrected chi connectivity index (χ1v) is 6.80. The van der Waals surface area contributed by atoms with E-state index >= 15 is 0 Å². The number of carboxylic acids is 1. The van der Waals surface area contributed by atoms with Gasteiger partial charge in [0.05, 0.1) is 5.92 Å². The third-order valence-corrected chi connectivity index (χ3v) is 4.27. The Labute approximate surface area is 103 Å². The number of H-pyrrole nitrogens is 1. The molecule has 1 saturated carbocycles. The maximum atomic E-state index is 11.4. The van der Waals surface area contributed by atoms with Crippen LogP contribution in [-0.2, 0) is 4.79 Å². The predicted molar refractivity (Wildman–Crippen MR) is 62.8 cm³/mol. The summed E-state index contributed by atoms with van der Waals surface area (Å²) in [5.41, 5.74) is 0. The van der Waals surface area contributed by atoms with E-state index in [1.165, 1.54) is 11.8 Å². The minimum Gasteiger partial charge on any atom is -0.481 e. The fourth-order valence-corrected chi connectivity index (χ4v) is 3.36. The first-order chi connectivity index (χ1) is 8.20. The molecule has 0 radical (unpaired) electrons. The summed E-state index contributed by atoms with van der Waals surface area (Å²) < 4.78 is 0. The van der Waals surface area contributed by atoms with Gasteiger partial charge < -0.3 is 5.11 Å². The third kappa shape index (κ3) is 1.58. The van der Waals surface area contributed by atoms with Gasteiger partial charge in [-0.3, -0.25) is 9.89 Å². The van der Waals surface area contributed by atoms with Gasteiger partial charge in [0.1, 0.15) is 5.82 Å². The van der Waals surface area contributed by atoms with Gasteiger partial charge in [-0.25, -0.2) is 4.98 Å². The molecular weight excluding hydrogens is 238 g/mol. The number of fused-ring (bicyclic) bond motifs is 2. The molecule has 0 aromatic carbocycles. The van der Waals surface area contributed by atoms with Crippen molar-refractivity contribution in [3.05, 3.63) is 18.0 Å². The Hall–Kier alpha value is -1.30. The van der Waals surface area contributed by atoms with E-state index < -0.39 is 5.97 Å². The second kappa shape index (κ2) is 3.87. The molecule has 90 valence electrons. The van der Waals surface area contributed by atoms with E-state index in [0.29, 0.717) is 11.1 Å². The van der Waals surface area contributed by atoms with E-state index in [9.17, 15) is 9.90 Å². The Kier molecular flexibility index (Phi) is 2.47. The summed E-state index contributed by atoms with van der Waals surface area (Å²) in [6, 6.07) is 0. The van der Waals surface area contributed by atoms with Gasteiger partial charge >= 0.3 is 5.97 Å². The average molecular weight is 251 g/mol. The monoisotopic (exact) mass is 251 g/mol. The van der Waals surface area contributed by atoms with E-state index in [1.807, 2.05) is 12.3 Å². The van der Waals surface area contributed by atoms with Crippen molar-refractivity contribution in [2.24, 2.45) is 17.8 Å². The minimum absolute atomic E-state index is 0.0455. The molecule has 0 amide bonds. The number of nitrogens with zero attached hydrogens (tertiary/aromatic N) is 2. The first kappa shape index (κ1) is 10.8. The van der Waals surface area contributed by atoms with Gasteiger partial charge in [0.15, 0.2) is 0 Å². The lowest BCUT2D eigenvalue weighted by molar-refractivity contribution is -0.143. The third-order valence-electron chi connectivity index (χ3n) is 3.72. The maximum absolute atomic E-state index is 11.4. The second-order valence-electron chi connectivity index (χ2n) is 4.55. The van der Waals surface area contributed by atoms with Crippen molar-refractivity contribution in [2.75, 3.05) is 6.26 Å². The topological polar surface area (TPSA) is 78.9 Å². The SMILES string of the molecule is CSc1n[nH]c(C2C3C=CC(C3)C2C(=O)O)n1. The van der Waals surface area contributed by atoms with Crippen LogP contribution >= 0.6 is 11.8 Å². The van der Waals surface area contributed by atoms with Crippen LogP contribution in [0.1, 0.15) is 18.2 Å². The van der Waals surface area contributed by atoms with Gasteiger partial charge in [-0.2, -0.15) is 0 Å². The van der Waals surface area contributed by atoms with Crippen LogP contribution in [0, 0.1) is 17.8 Å². The number of carboxylic acid groups (broad SMARTS) is 1. The van der Waals surface area contributed by atoms with E-state index in [-0.39, 0.29) is 17.8 Å². The number of thioether (sulfide) groups is 1. The molecule has 2 bridgehead atoms. The molecule has 0 spiro atoms. The van der Waals surface area contributed by atoms with Crippen molar-refractivity contribution < 1.29 is 9.90 Å². The molecule has 0 aliphatic heterocycles. The Morgan fingerprint density at radius 3 is 2.94 bits per heavy atom. The van der Waals surface area contributed by atoms with Crippen molar-refractivity contribution >= 4 is 17.7 Å². The zero-order valence-corrected chi connectivity index (χ0v) is 10.1. The molecule has 2 aliphatic rings. The van der Waals surface area contributed by atoms with E-state index in [2.05, 4.69) is 21.3 Å². The molecule has 2 N–H and O–H groups in total. The summed E-state index contributed by atoms with van der Waals surface area (Å²) in [5, 5.41) is 17.0. The van der Waals surface area contributed by atoms with Gasteiger partial charge in [-0.1, -0.05) is 23.9 Å². The molecule has 4 atom stereocenters. The van der Waals surface area contributed by atoms with Gasteiger partial charge in [0, 0.05) is 5.92 Å². The number of hydrogen-bond donors (Lipinski definition) is 2. The highest BCUT2D eigenvalue weighted by atomic mass is 32.2. The van der Waals surface area contributed by atoms with E-state index in [4.69, 9.17) is 0 Å². The molecule has 2 aliphatic carbocycles. The summed E-state index contributed by atoms with van der Waals surface area (Å²) in [6.45, 7) is 0. The molecule has 4 unspecified atom stereocenters. The van der Waals surface area contributed by atoms with Crippen molar-refractivity contribution in [1.82, 2.24) is 15.2 Å². The summed E-state index contributed by atoms with van der Waals surface area (Å²) in [6.07, 6.45) is 6.99. The van der Waals surface area contributed by atoms with E-state index in [0.717, 1.165) is 12.2 Å². The molecule has 1 fully saturated rings.